The van der Waals surface area contributed by atoms with Crippen LogP contribution in [0.2, 0.25) is 0 Å². The smallest absolute Gasteiger partial charge is 0.215 e. The van der Waals surface area contributed by atoms with Gasteiger partial charge in [-0.25, -0.2) is 8.42 Å². The number of rotatable bonds is 7. The van der Waals surface area contributed by atoms with Crippen LogP contribution in [0.1, 0.15) is 12.8 Å². The van der Waals surface area contributed by atoms with Gasteiger partial charge in [0.25, 0.3) is 0 Å². The quantitative estimate of drug-likeness (QED) is 0.599. The van der Waals surface area contributed by atoms with Crippen LogP contribution in [0.15, 0.2) is 12.7 Å². The first-order valence-electron chi connectivity index (χ1n) is 5.53. The minimum absolute atomic E-state index is 0.0519. The summed E-state index contributed by atoms with van der Waals surface area (Å²) >= 11 is 0. The fourth-order valence-corrected chi connectivity index (χ4v) is 3.55. The Kier molecular flexibility index (Phi) is 5.40. The summed E-state index contributed by atoms with van der Waals surface area (Å²) in [5, 5.41) is 12.0. The predicted octanol–water partition coefficient (Wildman–Crippen LogP) is -0.451. The van der Waals surface area contributed by atoms with Gasteiger partial charge in [0.05, 0.1) is 12.4 Å². The minimum Gasteiger partial charge on any atom is -0.395 e. The molecule has 1 saturated heterocycles. The molecule has 5 nitrogen and oxygen atoms in total. The van der Waals surface area contributed by atoms with Gasteiger partial charge in [-0.05, 0) is 19.4 Å². The third-order valence-electron chi connectivity index (χ3n) is 2.65. The van der Waals surface area contributed by atoms with Crippen molar-refractivity contribution in [3.05, 3.63) is 12.7 Å². The van der Waals surface area contributed by atoms with E-state index in [4.69, 9.17) is 5.11 Å². The van der Waals surface area contributed by atoms with Gasteiger partial charge in [0.2, 0.25) is 10.0 Å². The molecule has 0 aliphatic carbocycles. The molecule has 0 aromatic heterocycles. The number of nitrogens with one attached hydrogen (secondary N) is 1. The van der Waals surface area contributed by atoms with Gasteiger partial charge < -0.3 is 10.4 Å². The van der Waals surface area contributed by atoms with Crippen LogP contribution in [0.5, 0.6) is 0 Å². The summed E-state index contributed by atoms with van der Waals surface area (Å²) in [4.78, 5) is 0. The molecule has 0 bridgehead atoms. The number of hydrogen-bond donors (Lipinski definition) is 2. The van der Waals surface area contributed by atoms with Crippen molar-refractivity contribution >= 4 is 10.0 Å². The molecule has 1 heterocycles. The summed E-state index contributed by atoms with van der Waals surface area (Å²) in [6, 6.07) is 0.0519. The van der Waals surface area contributed by atoms with E-state index >= 15 is 0 Å². The van der Waals surface area contributed by atoms with E-state index in [1.54, 1.807) is 0 Å². The number of sulfonamides is 1. The van der Waals surface area contributed by atoms with Crippen molar-refractivity contribution in [2.75, 3.05) is 32.0 Å². The molecule has 0 aromatic carbocycles. The van der Waals surface area contributed by atoms with Crippen molar-refractivity contribution in [1.29, 1.82) is 0 Å². The van der Waals surface area contributed by atoms with Gasteiger partial charge in [0.1, 0.15) is 0 Å². The lowest BCUT2D eigenvalue weighted by Crippen LogP contribution is -2.41. The molecule has 1 rings (SSSR count). The van der Waals surface area contributed by atoms with Crippen molar-refractivity contribution in [2.24, 2.45) is 0 Å². The van der Waals surface area contributed by atoms with E-state index in [0.29, 0.717) is 0 Å². The minimum atomic E-state index is -3.29. The van der Waals surface area contributed by atoms with Crippen LogP contribution in [0.4, 0.5) is 0 Å². The molecule has 0 spiro atoms. The highest BCUT2D eigenvalue weighted by Crippen LogP contribution is 2.11. The largest absolute Gasteiger partial charge is 0.395 e. The van der Waals surface area contributed by atoms with Crippen LogP contribution >= 0.6 is 0 Å². The highest BCUT2D eigenvalue weighted by atomic mass is 32.2. The summed E-state index contributed by atoms with van der Waals surface area (Å²) in [6.45, 7) is 4.65. The summed E-state index contributed by atoms with van der Waals surface area (Å²) in [5.74, 6) is 0.112. The highest BCUT2D eigenvalue weighted by Gasteiger charge is 2.26. The van der Waals surface area contributed by atoms with Crippen molar-refractivity contribution < 1.29 is 13.5 Å². The van der Waals surface area contributed by atoms with Gasteiger partial charge in [-0.1, -0.05) is 6.08 Å². The fraction of sp³-hybridized carbons (Fsp3) is 0.800. The first-order chi connectivity index (χ1) is 7.60. The molecular formula is C10H20N2O3S. The zero-order valence-corrected chi connectivity index (χ0v) is 10.2. The molecule has 1 atom stereocenters. The van der Waals surface area contributed by atoms with Crippen LogP contribution in [0.25, 0.3) is 0 Å². The number of aliphatic hydroxyl groups excluding tert-OH is 1. The van der Waals surface area contributed by atoms with Crippen molar-refractivity contribution in [1.82, 2.24) is 9.62 Å². The second-order valence-electron chi connectivity index (χ2n) is 3.94. The Balaban J connectivity index is 2.60. The zero-order chi connectivity index (χ0) is 12.0. The van der Waals surface area contributed by atoms with Crippen LogP contribution in [-0.4, -0.2) is 55.9 Å². The Morgan fingerprint density at radius 3 is 2.81 bits per heavy atom. The summed E-state index contributed by atoms with van der Waals surface area (Å²) in [6.07, 6.45) is 3.47. The molecule has 2 N–H and O–H groups in total. The lowest BCUT2D eigenvalue weighted by molar-refractivity contribution is 0.260. The van der Waals surface area contributed by atoms with E-state index < -0.39 is 10.0 Å². The van der Waals surface area contributed by atoms with E-state index in [1.807, 2.05) is 0 Å². The number of hydrogen-bond acceptors (Lipinski definition) is 4. The van der Waals surface area contributed by atoms with Crippen molar-refractivity contribution in [3.63, 3.8) is 0 Å². The number of aliphatic hydroxyl groups is 1. The molecule has 1 aliphatic rings. The maximum Gasteiger partial charge on any atom is 0.215 e. The van der Waals surface area contributed by atoms with Crippen molar-refractivity contribution in [2.45, 2.75) is 18.9 Å². The van der Waals surface area contributed by atoms with Gasteiger partial charge in [-0.2, -0.15) is 4.31 Å². The molecule has 0 aromatic rings. The molecule has 94 valence electrons. The van der Waals surface area contributed by atoms with E-state index in [9.17, 15) is 8.42 Å². The van der Waals surface area contributed by atoms with E-state index in [2.05, 4.69) is 11.9 Å². The van der Waals surface area contributed by atoms with E-state index in [-0.39, 0.29) is 31.5 Å². The zero-order valence-electron chi connectivity index (χ0n) is 9.43. The Labute approximate surface area is 97.2 Å². The van der Waals surface area contributed by atoms with Crippen LogP contribution < -0.4 is 5.32 Å². The standard InChI is InChI=1S/C10H20N2O3S/c1-2-6-12(7-8-13)16(14,15)9-10-4-3-5-11-10/h2,10-11,13H,1,3-9H2. The monoisotopic (exact) mass is 248 g/mol. The molecule has 0 radical (unpaired) electrons. The normalized spacial score (nSPS) is 21.5. The average molecular weight is 248 g/mol. The molecule has 0 amide bonds. The Bertz CT molecular complexity index is 310. The average Bonchev–Trinajstić information content (AvgIpc) is 2.69. The Morgan fingerprint density at radius 2 is 2.31 bits per heavy atom. The second-order valence-corrected chi connectivity index (χ2v) is 5.96. The predicted molar refractivity (Wildman–Crippen MR) is 63.7 cm³/mol. The molecule has 6 heteroatoms. The topological polar surface area (TPSA) is 69.6 Å². The Morgan fingerprint density at radius 1 is 1.56 bits per heavy atom. The third kappa shape index (κ3) is 3.86. The first-order valence-corrected chi connectivity index (χ1v) is 7.14. The summed E-state index contributed by atoms with van der Waals surface area (Å²) in [5.41, 5.74) is 0. The van der Waals surface area contributed by atoms with E-state index in [1.165, 1.54) is 10.4 Å². The summed E-state index contributed by atoms with van der Waals surface area (Å²) < 4.78 is 25.3. The second kappa shape index (κ2) is 6.34. The SMILES string of the molecule is C=CCN(CCO)S(=O)(=O)CC1CCCN1. The lowest BCUT2D eigenvalue weighted by atomic mass is 10.3. The van der Waals surface area contributed by atoms with Gasteiger partial charge in [-0.15, -0.1) is 6.58 Å². The summed E-state index contributed by atoms with van der Waals surface area (Å²) in [7, 11) is -3.29. The lowest BCUT2D eigenvalue weighted by Gasteiger charge is -2.21. The van der Waals surface area contributed by atoms with Crippen LogP contribution in [0, 0.1) is 0 Å². The van der Waals surface area contributed by atoms with E-state index in [0.717, 1.165) is 19.4 Å². The molecule has 0 saturated carbocycles. The maximum atomic E-state index is 12.0. The third-order valence-corrected chi connectivity index (χ3v) is 4.59. The molecular weight excluding hydrogens is 228 g/mol. The van der Waals surface area contributed by atoms with Gasteiger partial charge >= 0.3 is 0 Å². The fourth-order valence-electron chi connectivity index (χ4n) is 1.86. The van der Waals surface area contributed by atoms with Crippen LogP contribution in [0.3, 0.4) is 0 Å². The highest BCUT2D eigenvalue weighted by molar-refractivity contribution is 7.89. The van der Waals surface area contributed by atoms with Crippen LogP contribution in [-0.2, 0) is 10.0 Å². The molecule has 1 fully saturated rings. The molecule has 16 heavy (non-hydrogen) atoms. The van der Waals surface area contributed by atoms with Gasteiger partial charge in [0.15, 0.2) is 0 Å². The van der Waals surface area contributed by atoms with Gasteiger partial charge in [0, 0.05) is 19.1 Å². The molecule has 1 aliphatic heterocycles. The number of nitrogens with zero attached hydrogens (tertiary/aromatic N) is 1. The Hall–Kier alpha value is -0.430. The van der Waals surface area contributed by atoms with Gasteiger partial charge in [-0.3, -0.25) is 0 Å². The van der Waals surface area contributed by atoms with Crippen molar-refractivity contribution in [3.8, 4) is 0 Å². The first kappa shape index (κ1) is 13.6. The maximum absolute atomic E-state index is 12.0. The molecule has 1 unspecified atom stereocenters.